The van der Waals surface area contributed by atoms with Crippen molar-refractivity contribution in [3.8, 4) is 0 Å². The van der Waals surface area contributed by atoms with Gasteiger partial charge < -0.3 is 10.8 Å². The number of carboxylic acid groups (broad SMARTS) is 1. The first-order valence-electron chi connectivity index (χ1n) is 4.95. The van der Waals surface area contributed by atoms with Crippen LogP contribution in [0.25, 0.3) is 0 Å². The molecule has 0 aromatic heterocycles. The molecule has 0 radical (unpaired) electrons. The van der Waals surface area contributed by atoms with E-state index in [4.69, 9.17) is 10.8 Å². The van der Waals surface area contributed by atoms with Gasteiger partial charge in [0.15, 0.2) is 0 Å². The summed E-state index contributed by atoms with van der Waals surface area (Å²) in [7, 11) is 0. The molecule has 0 bridgehead atoms. The zero-order valence-electron chi connectivity index (χ0n) is 9.10. The number of amides is 1. The fraction of sp³-hybridized carbons (Fsp3) is 0.273. The fourth-order valence-corrected chi connectivity index (χ4v) is 1.86. The van der Waals surface area contributed by atoms with Crippen LogP contribution in [0.1, 0.15) is 5.56 Å². The smallest absolute Gasteiger partial charge is 0.317 e. The summed E-state index contributed by atoms with van der Waals surface area (Å²) < 4.78 is 0.875. The molecule has 17 heavy (non-hydrogen) atoms. The van der Waals surface area contributed by atoms with Crippen molar-refractivity contribution in [1.29, 1.82) is 0 Å². The first-order valence-corrected chi connectivity index (χ1v) is 5.74. The molecular formula is C11H13BrN2O3. The van der Waals surface area contributed by atoms with Gasteiger partial charge >= 0.3 is 5.97 Å². The number of nitrogens with two attached hydrogens (primary N) is 1. The number of halogens is 1. The average molecular weight is 301 g/mol. The normalized spacial score (nSPS) is 10.5. The maximum Gasteiger partial charge on any atom is 0.317 e. The first-order chi connectivity index (χ1) is 7.99. The molecule has 92 valence electrons. The maximum absolute atomic E-state index is 10.8. The lowest BCUT2D eigenvalue weighted by atomic mass is 10.2. The van der Waals surface area contributed by atoms with Gasteiger partial charge in [-0.1, -0.05) is 34.1 Å². The van der Waals surface area contributed by atoms with Gasteiger partial charge in [0.1, 0.15) is 0 Å². The van der Waals surface area contributed by atoms with Crippen molar-refractivity contribution in [3.63, 3.8) is 0 Å². The van der Waals surface area contributed by atoms with E-state index in [-0.39, 0.29) is 13.1 Å². The Hall–Kier alpha value is -1.40. The van der Waals surface area contributed by atoms with Crippen molar-refractivity contribution < 1.29 is 14.7 Å². The van der Waals surface area contributed by atoms with Crippen LogP contribution in [-0.2, 0) is 16.1 Å². The Kier molecular flexibility index (Phi) is 5.11. The highest BCUT2D eigenvalue weighted by atomic mass is 79.9. The molecule has 0 unspecified atom stereocenters. The molecule has 1 aromatic carbocycles. The van der Waals surface area contributed by atoms with Crippen molar-refractivity contribution >= 4 is 27.8 Å². The molecule has 0 spiro atoms. The van der Waals surface area contributed by atoms with Gasteiger partial charge in [-0.15, -0.1) is 0 Å². The molecule has 1 rings (SSSR count). The van der Waals surface area contributed by atoms with Crippen LogP contribution in [-0.4, -0.2) is 35.0 Å². The van der Waals surface area contributed by atoms with Gasteiger partial charge in [-0.2, -0.15) is 0 Å². The van der Waals surface area contributed by atoms with E-state index in [1.165, 1.54) is 4.90 Å². The summed E-state index contributed by atoms with van der Waals surface area (Å²) >= 11 is 3.37. The largest absolute Gasteiger partial charge is 0.480 e. The second-order valence-electron chi connectivity index (χ2n) is 3.60. The summed E-state index contributed by atoms with van der Waals surface area (Å²) in [5.74, 6) is -1.53. The van der Waals surface area contributed by atoms with E-state index in [0.717, 1.165) is 10.0 Å². The highest BCUT2D eigenvalue weighted by molar-refractivity contribution is 9.10. The minimum absolute atomic E-state index is 0.0758. The Balaban J connectivity index is 2.75. The number of carbonyl (C=O) groups excluding carboxylic acids is 1. The van der Waals surface area contributed by atoms with E-state index in [0.29, 0.717) is 6.54 Å². The standard InChI is InChI=1S/C11H13BrN2O3/c12-9-4-2-1-3-8(9)5-14(6-10(13)15)7-11(16)17/h1-4H,5-7H2,(H2,13,15)(H,16,17). The van der Waals surface area contributed by atoms with Crippen LogP contribution < -0.4 is 5.73 Å². The van der Waals surface area contributed by atoms with Crippen molar-refractivity contribution in [1.82, 2.24) is 4.90 Å². The van der Waals surface area contributed by atoms with E-state index in [1.807, 2.05) is 24.3 Å². The van der Waals surface area contributed by atoms with Crippen LogP contribution in [0.15, 0.2) is 28.7 Å². The number of aliphatic carboxylic acids is 1. The molecule has 0 saturated heterocycles. The van der Waals surface area contributed by atoms with Crippen LogP contribution in [0.3, 0.4) is 0 Å². The van der Waals surface area contributed by atoms with Crippen molar-refractivity contribution in [2.45, 2.75) is 6.54 Å². The lowest BCUT2D eigenvalue weighted by Crippen LogP contribution is -2.36. The molecule has 0 aliphatic heterocycles. The van der Waals surface area contributed by atoms with Crippen LogP contribution >= 0.6 is 15.9 Å². The van der Waals surface area contributed by atoms with Gasteiger partial charge in [0.2, 0.25) is 5.91 Å². The second kappa shape index (κ2) is 6.36. The zero-order chi connectivity index (χ0) is 12.8. The fourth-order valence-electron chi connectivity index (χ4n) is 1.45. The SMILES string of the molecule is NC(=O)CN(CC(=O)O)Cc1ccccc1Br. The molecule has 0 heterocycles. The van der Waals surface area contributed by atoms with Crippen molar-refractivity contribution in [2.24, 2.45) is 5.73 Å². The molecule has 6 heteroatoms. The number of nitrogens with zero attached hydrogens (tertiary/aromatic N) is 1. The monoisotopic (exact) mass is 300 g/mol. The number of carboxylic acids is 1. The van der Waals surface area contributed by atoms with Gasteiger partial charge in [0.05, 0.1) is 13.1 Å². The first kappa shape index (κ1) is 13.7. The number of carbonyl (C=O) groups is 2. The van der Waals surface area contributed by atoms with E-state index in [9.17, 15) is 9.59 Å². The predicted molar refractivity (Wildman–Crippen MR) is 66.2 cm³/mol. The Morgan fingerprint density at radius 1 is 1.29 bits per heavy atom. The third kappa shape index (κ3) is 4.97. The van der Waals surface area contributed by atoms with E-state index >= 15 is 0 Å². The average Bonchev–Trinajstić information content (AvgIpc) is 2.19. The van der Waals surface area contributed by atoms with Gasteiger partial charge in [-0.3, -0.25) is 14.5 Å². The zero-order valence-corrected chi connectivity index (χ0v) is 10.7. The third-order valence-electron chi connectivity index (χ3n) is 2.09. The van der Waals surface area contributed by atoms with Crippen LogP contribution in [0.5, 0.6) is 0 Å². The van der Waals surface area contributed by atoms with Gasteiger partial charge in [-0.05, 0) is 11.6 Å². The van der Waals surface area contributed by atoms with Crippen LogP contribution in [0.2, 0.25) is 0 Å². The van der Waals surface area contributed by atoms with E-state index in [2.05, 4.69) is 15.9 Å². The molecule has 5 nitrogen and oxygen atoms in total. The Labute approximate surface area is 107 Å². The molecule has 3 N–H and O–H groups in total. The maximum atomic E-state index is 10.8. The van der Waals surface area contributed by atoms with Crippen LogP contribution in [0.4, 0.5) is 0 Å². The minimum atomic E-state index is -0.988. The van der Waals surface area contributed by atoms with Crippen molar-refractivity contribution in [3.05, 3.63) is 34.3 Å². The lowest BCUT2D eigenvalue weighted by Gasteiger charge is -2.19. The number of hydrogen-bond donors (Lipinski definition) is 2. The third-order valence-corrected chi connectivity index (χ3v) is 2.86. The van der Waals surface area contributed by atoms with Crippen molar-refractivity contribution in [2.75, 3.05) is 13.1 Å². The summed E-state index contributed by atoms with van der Waals surface area (Å²) in [6.07, 6.45) is 0. The molecule has 0 atom stereocenters. The topological polar surface area (TPSA) is 83.6 Å². The highest BCUT2D eigenvalue weighted by Gasteiger charge is 2.13. The minimum Gasteiger partial charge on any atom is -0.480 e. The number of benzene rings is 1. The predicted octanol–water partition coefficient (Wildman–Crippen LogP) is 0.821. The molecule has 0 aliphatic rings. The van der Waals surface area contributed by atoms with Gasteiger partial charge in [0.25, 0.3) is 0 Å². The lowest BCUT2D eigenvalue weighted by molar-refractivity contribution is -0.138. The Morgan fingerprint density at radius 2 is 1.94 bits per heavy atom. The van der Waals surface area contributed by atoms with Gasteiger partial charge in [-0.25, -0.2) is 0 Å². The molecule has 0 saturated carbocycles. The molecule has 0 aliphatic carbocycles. The quantitative estimate of drug-likeness (QED) is 0.815. The molecule has 0 fully saturated rings. The summed E-state index contributed by atoms with van der Waals surface area (Å²) in [5.41, 5.74) is 5.99. The summed E-state index contributed by atoms with van der Waals surface area (Å²) in [6, 6.07) is 7.44. The summed E-state index contributed by atoms with van der Waals surface area (Å²) in [5, 5.41) is 8.74. The number of hydrogen-bond acceptors (Lipinski definition) is 3. The van der Waals surface area contributed by atoms with Crippen LogP contribution in [0, 0.1) is 0 Å². The second-order valence-corrected chi connectivity index (χ2v) is 4.45. The summed E-state index contributed by atoms with van der Waals surface area (Å²) in [6.45, 7) is 0.0641. The molecule has 1 aromatic rings. The molecule has 1 amide bonds. The summed E-state index contributed by atoms with van der Waals surface area (Å²) in [4.78, 5) is 23.0. The van der Waals surface area contributed by atoms with Gasteiger partial charge in [0, 0.05) is 11.0 Å². The number of rotatable bonds is 6. The highest BCUT2D eigenvalue weighted by Crippen LogP contribution is 2.17. The Bertz CT molecular complexity index is 407. The van der Waals surface area contributed by atoms with E-state index < -0.39 is 11.9 Å². The molecular weight excluding hydrogens is 288 g/mol. The number of primary amides is 1. The van der Waals surface area contributed by atoms with E-state index in [1.54, 1.807) is 0 Å². The Morgan fingerprint density at radius 3 is 2.47 bits per heavy atom.